The fourth-order valence-electron chi connectivity index (χ4n) is 1.89. The van der Waals surface area contributed by atoms with Gasteiger partial charge in [-0.15, -0.1) is 0 Å². The average molecular weight is 222 g/mol. The van der Waals surface area contributed by atoms with Crippen LogP contribution in [-0.2, 0) is 16.0 Å². The van der Waals surface area contributed by atoms with Crippen molar-refractivity contribution in [3.05, 3.63) is 35.6 Å². The van der Waals surface area contributed by atoms with Gasteiger partial charge in [0.05, 0.1) is 0 Å². The van der Waals surface area contributed by atoms with Crippen molar-refractivity contribution >= 4 is 5.78 Å². The van der Waals surface area contributed by atoms with Gasteiger partial charge in [-0.1, -0.05) is 12.1 Å². The second kappa shape index (κ2) is 4.74. The van der Waals surface area contributed by atoms with Crippen LogP contribution in [0.4, 0.5) is 4.39 Å². The molecule has 2 nitrogen and oxygen atoms in total. The summed E-state index contributed by atoms with van der Waals surface area (Å²) >= 11 is 0. The number of Topliss-reactive ketones (excluding diaryl/α,β-unsaturated/α-hetero) is 1. The molecule has 0 spiro atoms. The minimum atomic E-state index is -0.276. The van der Waals surface area contributed by atoms with E-state index in [-0.39, 0.29) is 17.7 Å². The lowest BCUT2D eigenvalue weighted by Gasteiger charge is -2.12. The lowest BCUT2D eigenvalue weighted by atomic mass is 10.0. The van der Waals surface area contributed by atoms with Crippen molar-refractivity contribution in [2.24, 2.45) is 5.92 Å². The van der Waals surface area contributed by atoms with E-state index in [0.29, 0.717) is 12.3 Å². The molecule has 1 aromatic carbocycles. The molecule has 1 saturated carbocycles. The van der Waals surface area contributed by atoms with Gasteiger partial charge in [0.2, 0.25) is 0 Å². The predicted octanol–water partition coefficient (Wildman–Crippen LogP) is 2.36. The zero-order valence-corrected chi connectivity index (χ0v) is 9.28. The minimum Gasteiger partial charge on any atom is -0.373 e. The van der Waals surface area contributed by atoms with Crippen LogP contribution in [0, 0.1) is 11.7 Å². The molecule has 1 atom stereocenters. The third kappa shape index (κ3) is 2.67. The fourth-order valence-corrected chi connectivity index (χ4v) is 1.89. The molecule has 0 aliphatic heterocycles. The van der Waals surface area contributed by atoms with Crippen molar-refractivity contribution in [2.45, 2.75) is 25.4 Å². The Morgan fingerprint density at radius 1 is 1.44 bits per heavy atom. The van der Waals surface area contributed by atoms with E-state index in [1.807, 2.05) is 0 Å². The van der Waals surface area contributed by atoms with Crippen molar-refractivity contribution in [3.8, 4) is 0 Å². The maximum Gasteiger partial charge on any atom is 0.166 e. The van der Waals surface area contributed by atoms with Gasteiger partial charge in [-0.2, -0.15) is 0 Å². The predicted molar refractivity (Wildman–Crippen MR) is 58.6 cm³/mol. The molecule has 86 valence electrons. The molecule has 0 saturated heterocycles. The summed E-state index contributed by atoms with van der Waals surface area (Å²) in [5.41, 5.74) is 0.842. The molecule has 0 radical (unpaired) electrons. The van der Waals surface area contributed by atoms with Crippen molar-refractivity contribution in [2.75, 3.05) is 7.11 Å². The number of methoxy groups -OCH3 is 1. The maximum absolute atomic E-state index is 12.7. The van der Waals surface area contributed by atoms with Gasteiger partial charge in [0.1, 0.15) is 11.9 Å². The largest absolute Gasteiger partial charge is 0.373 e. The molecule has 0 heterocycles. The van der Waals surface area contributed by atoms with Crippen LogP contribution in [0.25, 0.3) is 0 Å². The van der Waals surface area contributed by atoms with Crippen molar-refractivity contribution in [1.29, 1.82) is 0 Å². The SMILES string of the molecule is COC(C(=O)Cc1ccc(F)cc1)C1CC1. The summed E-state index contributed by atoms with van der Waals surface area (Å²) in [4.78, 5) is 11.9. The number of rotatable bonds is 5. The van der Waals surface area contributed by atoms with E-state index in [1.54, 1.807) is 19.2 Å². The first-order chi connectivity index (χ1) is 7.70. The normalized spacial score (nSPS) is 17.1. The Labute approximate surface area is 94.4 Å². The van der Waals surface area contributed by atoms with Crippen LogP contribution in [0.15, 0.2) is 24.3 Å². The molecule has 3 heteroatoms. The van der Waals surface area contributed by atoms with Crippen molar-refractivity contribution in [3.63, 3.8) is 0 Å². The number of benzene rings is 1. The van der Waals surface area contributed by atoms with Crippen molar-refractivity contribution in [1.82, 2.24) is 0 Å². The molecule has 16 heavy (non-hydrogen) atoms. The summed E-state index contributed by atoms with van der Waals surface area (Å²) in [7, 11) is 1.57. The highest BCUT2D eigenvalue weighted by Crippen LogP contribution is 2.34. The summed E-state index contributed by atoms with van der Waals surface area (Å²) in [5.74, 6) is 0.219. The van der Waals surface area contributed by atoms with E-state index < -0.39 is 0 Å². The molecule has 1 aliphatic rings. The van der Waals surface area contributed by atoms with Gasteiger partial charge < -0.3 is 4.74 Å². The van der Waals surface area contributed by atoms with E-state index in [9.17, 15) is 9.18 Å². The van der Waals surface area contributed by atoms with Crippen molar-refractivity contribution < 1.29 is 13.9 Å². The molecule has 0 N–H and O–H groups in total. The van der Waals surface area contributed by atoms with Crippen LogP contribution in [0.2, 0.25) is 0 Å². The lowest BCUT2D eigenvalue weighted by molar-refractivity contribution is -0.129. The third-order valence-electron chi connectivity index (χ3n) is 2.91. The van der Waals surface area contributed by atoms with Gasteiger partial charge in [-0.3, -0.25) is 4.79 Å². The summed E-state index contributed by atoms with van der Waals surface area (Å²) in [5, 5.41) is 0. The minimum absolute atomic E-state index is 0.0941. The Hall–Kier alpha value is -1.22. The summed E-state index contributed by atoms with van der Waals surface area (Å²) < 4.78 is 17.9. The number of halogens is 1. The lowest BCUT2D eigenvalue weighted by Crippen LogP contribution is -2.26. The Morgan fingerprint density at radius 3 is 2.56 bits per heavy atom. The Kier molecular flexibility index (Phi) is 3.34. The molecule has 0 amide bonds. The van der Waals surface area contributed by atoms with Gasteiger partial charge >= 0.3 is 0 Å². The second-order valence-corrected chi connectivity index (χ2v) is 4.26. The molecular formula is C13H15FO2. The molecule has 2 rings (SSSR count). The van der Waals surface area contributed by atoms with Gasteiger partial charge in [0, 0.05) is 13.5 Å². The molecule has 1 unspecified atom stereocenters. The Bertz CT molecular complexity index is 368. The quantitative estimate of drug-likeness (QED) is 0.764. The average Bonchev–Trinajstić information content (AvgIpc) is 3.07. The number of ketones is 1. The molecule has 1 aliphatic carbocycles. The standard InChI is InChI=1S/C13H15FO2/c1-16-13(10-4-5-10)12(15)8-9-2-6-11(14)7-3-9/h2-3,6-7,10,13H,4-5,8H2,1H3. The highest BCUT2D eigenvalue weighted by atomic mass is 19.1. The van der Waals surface area contributed by atoms with Crippen LogP contribution in [0.1, 0.15) is 18.4 Å². The Morgan fingerprint density at radius 2 is 2.06 bits per heavy atom. The van der Waals surface area contributed by atoms with E-state index in [0.717, 1.165) is 18.4 Å². The molecule has 0 aromatic heterocycles. The van der Waals surface area contributed by atoms with E-state index >= 15 is 0 Å². The smallest absolute Gasteiger partial charge is 0.166 e. The van der Waals surface area contributed by atoms with Crippen LogP contribution < -0.4 is 0 Å². The first-order valence-corrected chi connectivity index (χ1v) is 5.50. The van der Waals surface area contributed by atoms with Crippen LogP contribution >= 0.6 is 0 Å². The first-order valence-electron chi connectivity index (χ1n) is 5.50. The van der Waals surface area contributed by atoms with Gasteiger partial charge in [-0.25, -0.2) is 4.39 Å². The molecular weight excluding hydrogens is 207 g/mol. The van der Waals surface area contributed by atoms with E-state index in [1.165, 1.54) is 12.1 Å². The van der Waals surface area contributed by atoms with Crippen LogP contribution in [-0.4, -0.2) is 19.0 Å². The maximum atomic E-state index is 12.7. The van der Waals surface area contributed by atoms with Gasteiger partial charge in [0.15, 0.2) is 5.78 Å². The topological polar surface area (TPSA) is 26.3 Å². The summed E-state index contributed by atoms with van der Waals surface area (Å²) in [6.07, 6.45) is 2.21. The molecule has 1 fully saturated rings. The first kappa shape index (κ1) is 11.3. The van der Waals surface area contributed by atoms with E-state index in [2.05, 4.69) is 0 Å². The summed E-state index contributed by atoms with van der Waals surface area (Å²) in [6.45, 7) is 0. The zero-order valence-electron chi connectivity index (χ0n) is 9.28. The number of carbonyl (C=O) groups is 1. The number of hydrogen-bond acceptors (Lipinski definition) is 2. The number of ether oxygens (including phenoxy) is 1. The van der Waals surface area contributed by atoms with Crippen LogP contribution in [0.3, 0.4) is 0 Å². The van der Waals surface area contributed by atoms with Crippen LogP contribution in [0.5, 0.6) is 0 Å². The molecule has 0 bridgehead atoms. The third-order valence-corrected chi connectivity index (χ3v) is 2.91. The molecule has 1 aromatic rings. The fraction of sp³-hybridized carbons (Fsp3) is 0.462. The highest BCUT2D eigenvalue weighted by molar-refractivity contribution is 5.85. The second-order valence-electron chi connectivity index (χ2n) is 4.26. The van der Waals surface area contributed by atoms with E-state index in [4.69, 9.17) is 4.74 Å². The highest BCUT2D eigenvalue weighted by Gasteiger charge is 2.35. The monoisotopic (exact) mass is 222 g/mol. The summed E-state index contributed by atoms with van der Waals surface area (Å²) in [6, 6.07) is 6.04. The van der Waals surface area contributed by atoms with Gasteiger partial charge in [0.25, 0.3) is 0 Å². The van der Waals surface area contributed by atoms with Gasteiger partial charge in [-0.05, 0) is 36.5 Å². The Balaban J connectivity index is 1.97. The zero-order chi connectivity index (χ0) is 11.5. The number of hydrogen-bond donors (Lipinski definition) is 0. The number of carbonyl (C=O) groups excluding carboxylic acids is 1.